The average Bonchev–Trinajstić information content (AvgIpc) is 2.68. The molecule has 0 amide bonds. The van der Waals surface area contributed by atoms with Gasteiger partial charge in [0.1, 0.15) is 0 Å². The van der Waals surface area contributed by atoms with Crippen LogP contribution in [0, 0.1) is 6.39 Å². The van der Waals surface area contributed by atoms with E-state index in [1.807, 2.05) is 30.3 Å². The fourth-order valence-corrected chi connectivity index (χ4v) is 1.45. The van der Waals surface area contributed by atoms with Crippen molar-refractivity contribution in [2.45, 2.75) is 19.8 Å². The van der Waals surface area contributed by atoms with Crippen LogP contribution in [-0.4, -0.2) is 4.98 Å². The molecule has 0 aliphatic rings. The van der Waals surface area contributed by atoms with Crippen LogP contribution >= 0.6 is 0 Å². The molecular weight excluding hydrogens is 174 g/mol. The number of nitrogens with zero attached hydrogens (tertiary/aromatic N) is 1. The summed E-state index contributed by atoms with van der Waals surface area (Å²) in [5.74, 6) is 0.854. The van der Waals surface area contributed by atoms with Gasteiger partial charge in [0.25, 0.3) is 6.39 Å². The Bertz CT molecular complexity index is 392. The monoisotopic (exact) mass is 186 g/mol. The standard InChI is InChI=1S/C12H12NO/c1-2-6-11-12(14-9-13-11)10-7-4-3-5-8-10/h3-5,7-8H,2,6H2,1H3. The van der Waals surface area contributed by atoms with Crippen LogP contribution in [0.3, 0.4) is 0 Å². The maximum Gasteiger partial charge on any atom is 0.284 e. The van der Waals surface area contributed by atoms with E-state index in [1.165, 1.54) is 0 Å². The smallest absolute Gasteiger partial charge is 0.284 e. The van der Waals surface area contributed by atoms with Crippen molar-refractivity contribution >= 4 is 0 Å². The lowest BCUT2D eigenvalue weighted by Crippen LogP contribution is -1.86. The Morgan fingerprint density at radius 1 is 1.29 bits per heavy atom. The minimum atomic E-state index is 0.854. The molecule has 0 atom stereocenters. The van der Waals surface area contributed by atoms with E-state index < -0.39 is 0 Å². The maximum absolute atomic E-state index is 5.27. The third-order valence-corrected chi connectivity index (χ3v) is 2.11. The van der Waals surface area contributed by atoms with Crippen molar-refractivity contribution in [3.8, 4) is 11.3 Å². The Morgan fingerprint density at radius 3 is 2.79 bits per heavy atom. The lowest BCUT2D eigenvalue weighted by Gasteiger charge is -1.98. The minimum absolute atomic E-state index is 0.854. The highest BCUT2D eigenvalue weighted by molar-refractivity contribution is 5.59. The Hall–Kier alpha value is -1.57. The van der Waals surface area contributed by atoms with E-state index in [2.05, 4.69) is 18.3 Å². The van der Waals surface area contributed by atoms with E-state index in [9.17, 15) is 0 Å². The summed E-state index contributed by atoms with van der Waals surface area (Å²) in [5.41, 5.74) is 2.07. The van der Waals surface area contributed by atoms with Crippen LogP contribution in [0.5, 0.6) is 0 Å². The third-order valence-electron chi connectivity index (χ3n) is 2.11. The van der Waals surface area contributed by atoms with Gasteiger partial charge in [-0.25, -0.2) is 4.98 Å². The zero-order valence-corrected chi connectivity index (χ0v) is 8.16. The molecule has 2 heteroatoms. The first-order valence-electron chi connectivity index (χ1n) is 4.83. The first kappa shape index (κ1) is 9.00. The molecule has 0 aliphatic heterocycles. The zero-order chi connectivity index (χ0) is 9.80. The maximum atomic E-state index is 5.27. The second-order valence-electron chi connectivity index (χ2n) is 3.20. The number of benzene rings is 1. The van der Waals surface area contributed by atoms with Crippen molar-refractivity contribution in [2.75, 3.05) is 0 Å². The van der Waals surface area contributed by atoms with E-state index in [0.717, 1.165) is 29.9 Å². The third kappa shape index (κ3) is 1.69. The van der Waals surface area contributed by atoms with Crippen molar-refractivity contribution in [3.63, 3.8) is 0 Å². The fraction of sp³-hybridized carbons (Fsp3) is 0.250. The second-order valence-corrected chi connectivity index (χ2v) is 3.20. The molecule has 0 unspecified atom stereocenters. The number of hydrogen-bond donors (Lipinski definition) is 0. The minimum Gasteiger partial charge on any atom is -0.432 e. The molecule has 0 bridgehead atoms. The van der Waals surface area contributed by atoms with Gasteiger partial charge >= 0.3 is 0 Å². The van der Waals surface area contributed by atoms with E-state index >= 15 is 0 Å². The zero-order valence-electron chi connectivity index (χ0n) is 8.16. The topological polar surface area (TPSA) is 26.0 Å². The van der Waals surface area contributed by atoms with Crippen molar-refractivity contribution in [2.24, 2.45) is 0 Å². The summed E-state index contributed by atoms with van der Waals surface area (Å²) < 4.78 is 5.27. The molecule has 1 aromatic carbocycles. The summed E-state index contributed by atoms with van der Waals surface area (Å²) in [4.78, 5) is 4.09. The summed E-state index contributed by atoms with van der Waals surface area (Å²) >= 11 is 0. The highest BCUT2D eigenvalue weighted by Gasteiger charge is 2.09. The van der Waals surface area contributed by atoms with E-state index in [4.69, 9.17) is 4.42 Å². The molecule has 0 saturated heterocycles. The van der Waals surface area contributed by atoms with Crippen LogP contribution in [0.1, 0.15) is 19.0 Å². The summed E-state index contributed by atoms with van der Waals surface area (Å²) in [5, 5.41) is 0. The molecule has 1 aromatic heterocycles. The predicted molar refractivity (Wildman–Crippen MR) is 54.8 cm³/mol. The number of aryl methyl sites for hydroxylation is 1. The summed E-state index contributed by atoms with van der Waals surface area (Å²) in [7, 11) is 0. The highest BCUT2D eigenvalue weighted by Crippen LogP contribution is 2.22. The average molecular weight is 186 g/mol. The van der Waals surface area contributed by atoms with Gasteiger partial charge in [-0.1, -0.05) is 43.7 Å². The molecule has 0 spiro atoms. The SMILES string of the molecule is CCCc1n[c]oc1-c1ccccc1. The predicted octanol–water partition coefficient (Wildman–Crippen LogP) is 3.09. The van der Waals surface area contributed by atoms with Gasteiger partial charge in [-0.3, -0.25) is 0 Å². The molecule has 2 nitrogen and oxygen atoms in total. The Labute approximate surface area is 83.6 Å². The van der Waals surface area contributed by atoms with Gasteiger partial charge in [0, 0.05) is 5.56 Å². The molecular formula is C12H12NO. The van der Waals surface area contributed by atoms with Gasteiger partial charge in [0.15, 0.2) is 5.76 Å². The molecule has 1 radical (unpaired) electrons. The van der Waals surface area contributed by atoms with Crippen LogP contribution in [0.2, 0.25) is 0 Å². The fourth-order valence-electron chi connectivity index (χ4n) is 1.45. The van der Waals surface area contributed by atoms with Crippen LogP contribution in [0.15, 0.2) is 34.7 Å². The van der Waals surface area contributed by atoms with Crippen LogP contribution in [-0.2, 0) is 6.42 Å². The second kappa shape index (κ2) is 4.09. The van der Waals surface area contributed by atoms with E-state index in [0.29, 0.717) is 0 Å². The molecule has 14 heavy (non-hydrogen) atoms. The highest BCUT2D eigenvalue weighted by atomic mass is 16.3. The Morgan fingerprint density at radius 2 is 2.07 bits per heavy atom. The summed E-state index contributed by atoms with van der Waals surface area (Å²) in [6.07, 6.45) is 4.57. The van der Waals surface area contributed by atoms with Gasteiger partial charge in [-0.05, 0) is 6.42 Å². The molecule has 0 saturated carbocycles. The normalized spacial score (nSPS) is 10.4. The van der Waals surface area contributed by atoms with E-state index in [-0.39, 0.29) is 0 Å². The molecule has 2 aromatic rings. The number of aromatic nitrogens is 1. The van der Waals surface area contributed by atoms with Crippen LogP contribution in [0.4, 0.5) is 0 Å². The van der Waals surface area contributed by atoms with Gasteiger partial charge in [-0.2, -0.15) is 0 Å². The lowest BCUT2D eigenvalue weighted by molar-refractivity contribution is 0.560. The molecule has 71 valence electrons. The number of oxazole rings is 1. The largest absolute Gasteiger partial charge is 0.432 e. The molecule has 0 N–H and O–H groups in total. The summed E-state index contributed by atoms with van der Waals surface area (Å²) in [6.45, 7) is 2.13. The van der Waals surface area contributed by atoms with Crippen LogP contribution < -0.4 is 0 Å². The van der Waals surface area contributed by atoms with Crippen LogP contribution in [0.25, 0.3) is 11.3 Å². The van der Waals surface area contributed by atoms with E-state index in [1.54, 1.807) is 0 Å². The van der Waals surface area contributed by atoms with Crippen molar-refractivity contribution in [1.82, 2.24) is 4.98 Å². The van der Waals surface area contributed by atoms with Crippen molar-refractivity contribution < 1.29 is 4.42 Å². The Kier molecular flexibility index (Phi) is 2.63. The first-order valence-corrected chi connectivity index (χ1v) is 4.83. The first-order chi connectivity index (χ1) is 6.92. The van der Waals surface area contributed by atoms with Gasteiger partial charge in [-0.15, -0.1) is 0 Å². The van der Waals surface area contributed by atoms with Crippen molar-refractivity contribution in [3.05, 3.63) is 42.4 Å². The number of hydrogen-bond acceptors (Lipinski definition) is 2. The van der Waals surface area contributed by atoms with Crippen molar-refractivity contribution in [1.29, 1.82) is 0 Å². The van der Waals surface area contributed by atoms with Gasteiger partial charge in [0.2, 0.25) is 0 Å². The molecule has 1 heterocycles. The number of rotatable bonds is 3. The molecule has 0 aliphatic carbocycles. The molecule has 2 rings (SSSR count). The lowest BCUT2D eigenvalue weighted by atomic mass is 10.1. The van der Waals surface area contributed by atoms with Gasteiger partial charge < -0.3 is 4.42 Å². The Balaban J connectivity index is 2.37. The van der Waals surface area contributed by atoms with Gasteiger partial charge in [0.05, 0.1) is 5.69 Å². The summed E-state index contributed by atoms with van der Waals surface area (Å²) in [6, 6.07) is 10.0. The quantitative estimate of drug-likeness (QED) is 0.736. The molecule has 0 fully saturated rings.